The van der Waals surface area contributed by atoms with E-state index in [-0.39, 0.29) is 6.61 Å². The van der Waals surface area contributed by atoms with E-state index in [9.17, 15) is 5.11 Å². The van der Waals surface area contributed by atoms with Crippen LogP contribution in [0.3, 0.4) is 0 Å². The summed E-state index contributed by atoms with van der Waals surface area (Å²) in [5.74, 6) is 2.19. The molecule has 1 aromatic carbocycles. The van der Waals surface area contributed by atoms with Gasteiger partial charge < -0.3 is 20.3 Å². The second kappa shape index (κ2) is 7.88. The monoisotopic (exact) mass is 297 g/mol. The van der Waals surface area contributed by atoms with Crippen LogP contribution in [0.4, 0.5) is 0 Å². The Bertz CT molecular complexity index is 424. The average molecular weight is 297 g/mol. The van der Waals surface area contributed by atoms with Crippen molar-refractivity contribution >= 4 is 11.8 Å². The van der Waals surface area contributed by atoms with Crippen molar-refractivity contribution in [2.75, 3.05) is 19.5 Å². The van der Waals surface area contributed by atoms with Crippen LogP contribution in [0, 0.1) is 0 Å². The molecule has 0 aromatic heterocycles. The molecule has 0 radical (unpaired) electrons. The minimum atomic E-state index is -0.647. The number of hydrogen-bond donors (Lipinski definition) is 3. The van der Waals surface area contributed by atoms with Crippen LogP contribution in [0.25, 0.3) is 0 Å². The topological polar surface area (TPSA) is 61.7 Å². The first-order valence-corrected chi connectivity index (χ1v) is 8.14. The molecule has 112 valence electrons. The van der Waals surface area contributed by atoms with Gasteiger partial charge in [0.2, 0.25) is 0 Å². The summed E-state index contributed by atoms with van der Waals surface area (Å²) in [6, 6.07) is 6.95. The average Bonchev–Trinajstić information content (AvgIpc) is 3.29. The number of benzene rings is 1. The summed E-state index contributed by atoms with van der Waals surface area (Å²) in [7, 11) is 1.67. The van der Waals surface area contributed by atoms with Gasteiger partial charge in [-0.25, -0.2) is 0 Å². The zero-order chi connectivity index (χ0) is 14.4. The maximum absolute atomic E-state index is 9.36. The summed E-state index contributed by atoms with van der Waals surface area (Å²) >= 11 is 1.60. The van der Waals surface area contributed by atoms with E-state index in [0.717, 1.165) is 23.6 Å². The smallest absolute Gasteiger partial charge is 0.122 e. The van der Waals surface area contributed by atoms with Crippen molar-refractivity contribution in [1.29, 1.82) is 0 Å². The van der Waals surface area contributed by atoms with Crippen LogP contribution in [-0.4, -0.2) is 41.8 Å². The molecule has 1 saturated carbocycles. The number of aliphatic hydroxyl groups is 2. The van der Waals surface area contributed by atoms with Crippen LogP contribution in [0.1, 0.15) is 24.0 Å². The van der Waals surface area contributed by atoms with Crippen LogP contribution >= 0.6 is 11.8 Å². The summed E-state index contributed by atoms with van der Waals surface area (Å²) in [5, 5.41) is 21.7. The SMILES string of the molecule is COc1ccc(CNC2CC2)cc1CSCC(O)CO. The molecule has 0 amide bonds. The van der Waals surface area contributed by atoms with Gasteiger partial charge in [-0.3, -0.25) is 0 Å². The Kier molecular flexibility index (Phi) is 6.16. The fourth-order valence-electron chi connectivity index (χ4n) is 1.96. The van der Waals surface area contributed by atoms with E-state index in [4.69, 9.17) is 9.84 Å². The first-order chi connectivity index (χ1) is 9.72. The van der Waals surface area contributed by atoms with Gasteiger partial charge in [-0.15, -0.1) is 0 Å². The quantitative estimate of drug-likeness (QED) is 0.645. The normalized spacial score (nSPS) is 16.1. The van der Waals surface area contributed by atoms with Gasteiger partial charge in [0.1, 0.15) is 5.75 Å². The van der Waals surface area contributed by atoms with Gasteiger partial charge in [0.15, 0.2) is 0 Å². The third-order valence-corrected chi connectivity index (χ3v) is 4.43. The second-order valence-electron chi connectivity index (χ2n) is 5.15. The number of nitrogens with one attached hydrogen (secondary N) is 1. The lowest BCUT2D eigenvalue weighted by Crippen LogP contribution is -2.15. The maximum atomic E-state index is 9.36. The van der Waals surface area contributed by atoms with Crippen LogP contribution in [-0.2, 0) is 12.3 Å². The summed E-state index contributed by atoms with van der Waals surface area (Å²) in [4.78, 5) is 0. The van der Waals surface area contributed by atoms with E-state index in [1.165, 1.54) is 18.4 Å². The number of aliphatic hydroxyl groups excluding tert-OH is 2. The van der Waals surface area contributed by atoms with E-state index in [1.54, 1.807) is 18.9 Å². The molecule has 1 atom stereocenters. The minimum Gasteiger partial charge on any atom is -0.496 e. The van der Waals surface area contributed by atoms with Gasteiger partial charge in [0.25, 0.3) is 0 Å². The Balaban J connectivity index is 1.90. The fraction of sp³-hybridized carbons (Fsp3) is 0.600. The highest BCUT2D eigenvalue weighted by Crippen LogP contribution is 2.26. The number of rotatable bonds is 9. The third kappa shape index (κ3) is 4.98. The molecule has 0 bridgehead atoms. The molecule has 20 heavy (non-hydrogen) atoms. The third-order valence-electron chi connectivity index (χ3n) is 3.30. The van der Waals surface area contributed by atoms with Crippen LogP contribution in [0.5, 0.6) is 5.75 Å². The second-order valence-corrected chi connectivity index (χ2v) is 6.18. The number of methoxy groups -OCH3 is 1. The molecule has 3 N–H and O–H groups in total. The van der Waals surface area contributed by atoms with Crippen molar-refractivity contribution in [2.24, 2.45) is 0 Å². The van der Waals surface area contributed by atoms with E-state index < -0.39 is 6.10 Å². The summed E-state index contributed by atoms with van der Waals surface area (Å²) in [5.41, 5.74) is 2.40. The molecule has 0 spiro atoms. The van der Waals surface area contributed by atoms with E-state index in [1.807, 2.05) is 6.07 Å². The molecule has 5 heteroatoms. The van der Waals surface area contributed by atoms with Gasteiger partial charge in [0.05, 0.1) is 19.8 Å². The molecular weight excluding hydrogens is 274 g/mol. The summed E-state index contributed by atoms with van der Waals surface area (Å²) in [6.45, 7) is 0.709. The highest BCUT2D eigenvalue weighted by atomic mass is 32.2. The molecule has 1 aliphatic carbocycles. The van der Waals surface area contributed by atoms with Gasteiger partial charge in [-0.2, -0.15) is 11.8 Å². The fourth-order valence-corrected chi connectivity index (χ4v) is 2.90. The number of thioether (sulfide) groups is 1. The lowest BCUT2D eigenvalue weighted by molar-refractivity contribution is 0.113. The molecule has 0 heterocycles. The molecule has 4 nitrogen and oxygen atoms in total. The molecule has 1 aromatic rings. The number of ether oxygens (including phenoxy) is 1. The zero-order valence-corrected chi connectivity index (χ0v) is 12.7. The predicted molar refractivity (Wildman–Crippen MR) is 82.1 cm³/mol. The van der Waals surface area contributed by atoms with Crippen molar-refractivity contribution < 1.29 is 14.9 Å². The Hall–Kier alpha value is -0.750. The minimum absolute atomic E-state index is 0.185. The van der Waals surface area contributed by atoms with Crippen molar-refractivity contribution in [3.05, 3.63) is 29.3 Å². The van der Waals surface area contributed by atoms with Crippen LogP contribution < -0.4 is 10.1 Å². The Morgan fingerprint density at radius 2 is 2.25 bits per heavy atom. The molecule has 1 fully saturated rings. The van der Waals surface area contributed by atoms with Gasteiger partial charge in [-0.05, 0) is 30.5 Å². The van der Waals surface area contributed by atoms with Gasteiger partial charge >= 0.3 is 0 Å². The first-order valence-electron chi connectivity index (χ1n) is 6.98. The predicted octanol–water partition coefficient (Wildman–Crippen LogP) is 1.53. The summed E-state index contributed by atoms with van der Waals surface area (Å²) in [6.07, 6.45) is 1.93. The van der Waals surface area contributed by atoms with Gasteiger partial charge in [0, 0.05) is 29.7 Å². The Labute approximate surface area is 124 Å². The van der Waals surface area contributed by atoms with Crippen LogP contribution in [0.2, 0.25) is 0 Å². The number of hydrogen-bond acceptors (Lipinski definition) is 5. The molecule has 1 aliphatic rings. The molecule has 2 rings (SSSR count). The first kappa shape index (κ1) is 15.6. The zero-order valence-electron chi connectivity index (χ0n) is 11.8. The molecule has 1 unspecified atom stereocenters. The lowest BCUT2D eigenvalue weighted by Gasteiger charge is -2.12. The largest absolute Gasteiger partial charge is 0.496 e. The standard InChI is InChI=1S/C15H23NO3S/c1-19-15-5-2-11(7-16-13-3-4-13)6-12(15)9-20-10-14(18)8-17/h2,5-6,13-14,16-18H,3-4,7-10H2,1H3. The van der Waals surface area contributed by atoms with Crippen molar-refractivity contribution in [3.63, 3.8) is 0 Å². The highest BCUT2D eigenvalue weighted by molar-refractivity contribution is 7.98. The van der Waals surface area contributed by atoms with Crippen LogP contribution in [0.15, 0.2) is 18.2 Å². The van der Waals surface area contributed by atoms with Crippen molar-refractivity contribution in [2.45, 2.75) is 37.3 Å². The lowest BCUT2D eigenvalue weighted by atomic mass is 10.1. The van der Waals surface area contributed by atoms with E-state index in [2.05, 4.69) is 17.4 Å². The molecular formula is C15H23NO3S. The van der Waals surface area contributed by atoms with E-state index in [0.29, 0.717) is 11.8 Å². The summed E-state index contributed by atoms with van der Waals surface area (Å²) < 4.78 is 5.38. The molecule has 0 saturated heterocycles. The van der Waals surface area contributed by atoms with Crippen molar-refractivity contribution in [1.82, 2.24) is 5.32 Å². The van der Waals surface area contributed by atoms with Gasteiger partial charge in [-0.1, -0.05) is 6.07 Å². The Morgan fingerprint density at radius 1 is 1.45 bits per heavy atom. The Morgan fingerprint density at radius 3 is 2.90 bits per heavy atom. The highest BCUT2D eigenvalue weighted by Gasteiger charge is 2.20. The maximum Gasteiger partial charge on any atom is 0.122 e. The van der Waals surface area contributed by atoms with E-state index >= 15 is 0 Å². The van der Waals surface area contributed by atoms with Crippen molar-refractivity contribution in [3.8, 4) is 5.75 Å². The molecule has 0 aliphatic heterocycles.